The van der Waals surface area contributed by atoms with E-state index in [0.29, 0.717) is 19.3 Å². The van der Waals surface area contributed by atoms with Crippen LogP contribution in [0.5, 0.6) is 0 Å². The maximum absolute atomic E-state index is 10.5. The summed E-state index contributed by atoms with van der Waals surface area (Å²) in [5.41, 5.74) is 0. The van der Waals surface area contributed by atoms with E-state index >= 15 is 0 Å². The summed E-state index contributed by atoms with van der Waals surface area (Å²) in [5, 5.41) is 0. The van der Waals surface area contributed by atoms with Gasteiger partial charge in [-0.3, -0.25) is 0 Å². The molecular weight excluding hydrogens is 184 g/mol. The monoisotopic (exact) mass is 196 g/mol. The maximum atomic E-state index is 10.5. The third-order valence-electron chi connectivity index (χ3n) is 1.18. The fraction of sp³-hybridized carbons (Fsp3) is 0.833. The molecule has 0 spiro atoms. The lowest BCUT2D eigenvalue weighted by Gasteiger charge is -1.97. The average Bonchev–Trinajstić information content (AvgIpc) is 1.78. The van der Waals surface area contributed by atoms with Gasteiger partial charge < -0.3 is 9.35 Å². The second kappa shape index (κ2) is 4.79. The van der Waals surface area contributed by atoms with Crippen molar-refractivity contribution in [3.8, 4) is 0 Å². The molecule has 0 bridgehead atoms. The molecule has 0 radical (unpaired) electrons. The lowest BCUT2D eigenvalue weighted by Crippen LogP contribution is -2.02. The molecule has 1 atom stereocenters. The number of carbonyl (C=O) groups is 1. The summed E-state index contributed by atoms with van der Waals surface area (Å²) in [6.45, 7) is 1.50. The fourth-order valence-electron chi connectivity index (χ4n) is 0.658. The molecule has 0 aromatic rings. The lowest BCUT2D eigenvalue weighted by atomic mass is 10.2. The van der Waals surface area contributed by atoms with E-state index in [9.17, 15) is 9.00 Å². The largest absolute Gasteiger partial charge is 0.306 e. The molecule has 1 unspecified atom stereocenters. The van der Waals surface area contributed by atoms with Crippen molar-refractivity contribution in [2.45, 2.75) is 26.2 Å². The SMILES string of the molecule is CC(=O)CCCCS(=O)(O)=S. The third-order valence-corrected chi connectivity index (χ3v) is 2.49. The van der Waals surface area contributed by atoms with Crippen LogP contribution in [0, 0.1) is 0 Å². The first-order valence-electron chi connectivity index (χ1n) is 3.36. The van der Waals surface area contributed by atoms with Crippen molar-refractivity contribution in [3.63, 3.8) is 0 Å². The normalized spacial score (nSPS) is 15.8. The van der Waals surface area contributed by atoms with Crippen LogP contribution in [-0.4, -0.2) is 20.3 Å². The Morgan fingerprint density at radius 3 is 2.45 bits per heavy atom. The van der Waals surface area contributed by atoms with Crippen LogP contribution in [0.15, 0.2) is 0 Å². The minimum absolute atomic E-state index is 0.110. The van der Waals surface area contributed by atoms with Gasteiger partial charge in [-0.05, 0) is 19.8 Å². The Labute approximate surface area is 71.7 Å². The molecule has 0 saturated carbocycles. The summed E-state index contributed by atoms with van der Waals surface area (Å²) >= 11 is 4.26. The Kier molecular flexibility index (Phi) is 4.79. The molecule has 1 N–H and O–H groups in total. The molecule has 0 rings (SSSR count). The topological polar surface area (TPSA) is 54.4 Å². The predicted molar refractivity (Wildman–Crippen MR) is 47.5 cm³/mol. The highest BCUT2D eigenvalue weighted by molar-refractivity contribution is 8.29. The van der Waals surface area contributed by atoms with Crippen LogP contribution in [0.1, 0.15) is 26.2 Å². The number of hydrogen-bond donors (Lipinski definition) is 1. The highest BCUT2D eigenvalue weighted by atomic mass is 32.8. The van der Waals surface area contributed by atoms with Crippen LogP contribution in [0.4, 0.5) is 0 Å². The molecule has 0 aliphatic carbocycles. The molecule has 11 heavy (non-hydrogen) atoms. The molecule has 3 nitrogen and oxygen atoms in total. The second-order valence-electron chi connectivity index (χ2n) is 2.45. The van der Waals surface area contributed by atoms with Gasteiger partial charge in [-0.25, -0.2) is 4.21 Å². The highest BCUT2D eigenvalue weighted by Gasteiger charge is 2.00. The van der Waals surface area contributed by atoms with Crippen LogP contribution >= 0.6 is 0 Å². The minimum Gasteiger partial charge on any atom is -0.306 e. The fourth-order valence-corrected chi connectivity index (χ4v) is 1.58. The van der Waals surface area contributed by atoms with Crippen LogP contribution in [0.3, 0.4) is 0 Å². The van der Waals surface area contributed by atoms with Gasteiger partial charge in [0.25, 0.3) is 0 Å². The Morgan fingerprint density at radius 2 is 2.09 bits per heavy atom. The van der Waals surface area contributed by atoms with Crippen molar-refractivity contribution in [1.29, 1.82) is 0 Å². The van der Waals surface area contributed by atoms with Crippen molar-refractivity contribution >= 4 is 25.7 Å². The molecule has 0 aromatic heterocycles. The Bertz CT molecular complexity index is 218. The van der Waals surface area contributed by atoms with Gasteiger partial charge >= 0.3 is 0 Å². The van der Waals surface area contributed by atoms with Crippen LogP contribution in [0.25, 0.3) is 0 Å². The van der Waals surface area contributed by atoms with E-state index in [2.05, 4.69) is 11.2 Å². The number of carbonyl (C=O) groups excluding carboxylic acids is 1. The number of ketones is 1. The molecule has 0 heterocycles. The molecule has 0 aromatic carbocycles. The lowest BCUT2D eigenvalue weighted by molar-refractivity contribution is -0.117. The number of hydrogen-bond acceptors (Lipinski definition) is 3. The Morgan fingerprint density at radius 1 is 1.55 bits per heavy atom. The zero-order valence-corrected chi connectivity index (χ0v) is 8.04. The molecule has 0 aliphatic heterocycles. The van der Waals surface area contributed by atoms with Gasteiger partial charge in [0.15, 0.2) is 0 Å². The van der Waals surface area contributed by atoms with E-state index in [1.807, 2.05) is 0 Å². The second-order valence-corrected chi connectivity index (χ2v) is 5.58. The van der Waals surface area contributed by atoms with Crippen molar-refractivity contribution in [1.82, 2.24) is 0 Å². The summed E-state index contributed by atoms with van der Waals surface area (Å²) in [6, 6.07) is 0. The molecule has 0 aliphatic rings. The minimum atomic E-state index is -3.00. The summed E-state index contributed by atoms with van der Waals surface area (Å²) in [4.78, 5) is 10.4. The van der Waals surface area contributed by atoms with Gasteiger partial charge in [0.1, 0.15) is 14.6 Å². The first-order chi connectivity index (χ1) is 4.92. The van der Waals surface area contributed by atoms with Crippen molar-refractivity contribution in [3.05, 3.63) is 0 Å². The van der Waals surface area contributed by atoms with E-state index < -0.39 is 8.77 Å². The Balaban J connectivity index is 3.37. The van der Waals surface area contributed by atoms with Gasteiger partial charge in [0.2, 0.25) is 0 Å². The summed E-state index contributed by atoms with van der Waals surface area (Å²) in [7, 11) is -3.00. The van der Waals surface area contributed by atoms with Crippen molar-refractivity contribution in [2.75, 3.05) is 5.75 Å². The average molecular weight is 196 g/mol. The summed E-state index contributed by atoms with van der Waals surface area (Å²) in [6.07, 6.45) is 1.69. The molecule has 0 fully saturated rings. The van der Waals surface area contributed by atoms with Gasteiger partial charge in [0.05, 0.1) is 0 Å². The molecule has 66 valence electrons. The molecule has 0 amide bonds. The summed E-state index contributed by atoms with van der Waals surface area (Å²) in [5.74, 6) is 0.231. The van der Waals surface area contributed by atoms with Crippen LogP contribution < -0.4 is 0 Å². The Hall–Kier alpha value is -0.0000000000000000555. The smallest absolute Gasteiger partial charge is 0.141 e. The first kappa shape index (κ1) is 11.0. The van der Waals surface area contributed by atoms with Gasteiger partial charge in [-0.1, -0.05) is 0 Å². The third kappa shape index (κ3) is 10.0. The van der Waals surface area contributed by atoms with E-state index in [4.69, 9.17) is 4.55 Å². The highest BCUT2D eigenvalue weighted by Crippen LogP contribution is 1.98. The number of unbranched alkanes of at least 4 members (excludes halogenated alkanes) is 1. The van der Waals surface area contributed by atoms with Crippen LogP contribution in [-0.2, 0) is 24.8 Å². The van der Waals surface area contributed by atoms with Gasteiger partial charge in [-0.2, -0.15) is 0 Å². The van der Waals surface area contributed by atoms with Crippen molar-refractivity contribution in [2.24, 2.45) is 0 Å². The van der Waals surface area contributed by atoms with Crippen LogP contribution in [0.2, 0.25) is 0 Å². The summed E-state index contributed by atoms with van der Waals surface area (Å²) < 4.78 is 19.2. The van der Waals surface area contributed by atoms with Gasteiger partial charge in [0, 0.05) is 23.4 Å². The van der Waals surface area contributed by atoms with Gasteiger partial charge in [-0.15, -0.1) is 0 Å². The number of rotatable bonds is 5. The predicted octanol–water partition coefficient (Wildman–Crippen LogP) is 0.965. The van der Waals surface area contributed by atoms with E-state index in [1.54, 1.807) is 0 Å². The maximum Gasteiger partial charge on any atom is 0.141 e. The van der Waals surface area contributed by atoms with E-state index in [1.165, 1.54) is 6.92 Å². The quantitative estimate of drug-likeness (QED) is 0.666. The van der Waals surface area contributed by atoms with E-state index in [0.717, 1.165) is 0 Å². The van der Waals surface area contributed by atoms with Crippen molar-refractivity contribution < 1.29 is 13.6 Å². The molecular formula is C6H12O3S2. The number of Topliss-reactive ketones (excluding diaryl/α,β-unsaturated/α-hetero) is 1. The first-order valence-corrected chi connectivity index (χ1v) is 5.97. The molecule has 5 heteroatoms. The zero-order chi connectivity index (χ0) is 8.91. The van der Waals surface area contributed by atoms with E-state index in [-0.39, 0.29) is 11.5 Å². The zero-order valence-electron chi connectivity index (χ0n) is 6.41. The molecule has 0 saturated heterocycles. The standard InChI is InChI=1S/C6H12O3S2/c1-6(7)4-2-3-5-11(8,9)10/h2-5H2,1H3,(H,8,9,10).